The second kappa shape index (κ2) is 5.47. The van der Waals surface area contributed by atoms with E-state index in [1.807, 2.05) is 42.5 Å². The van der Waals surface area contributed by atoms with Crippen molar-refractivity contribution >= 4 is 21.7 Å². The first-order valence-electron chi connectivity index (χ1n) is 5.13. The standard InChI is InChI=1S/C15H9BrO/c16-14-9-5-4-6-12(14)10-11-15(17)13-7-2-1-3-8-13/h1-9H. The van der Waals surface area contributed by atoms with Crippen LogP contribution in [0, 0.1) is 11.8 Å². The lowest BCUT2D eigenvalue weighted by atomic mass is 10.1. The lowest BCUT2D eigenvalue weighted by Gasteiger charge is -1.93. The second-order valence-corrected chi connectivity index (χ2v) is 4.28. The van der Waals surface area contributed by atoms with Crippen molar-refractivity contribution in [2.75, 3.05) is 0 Å². The minimum atomic E-state index is -0.165. The Morgan fingerprint density at radius 3 is 2.29 bits per heavy atom. The zero-order valence-electron chi connectivity index (χ0n) is 8.98. The first kappa shape index (κ1) is 11.6. The van der Waals surface area contributed by atoms with Crippen LogP contribution in [0.5, 0.6) is 0 Å². The van der Waals surface area contributed by atoms with Crippen LogP contribution in [-0.2, 0) is 0 Å². The van der Waals surface area contributed by atoms with Crippen LogP contribution in [0.25, 0.3) is 0 Å². The number of Topliss-reactive ketones (excluding diaryl/α,β-unsaturated/α-hetero) is 1. The number of halogens is 1. The van der Waals surface area contributed by atoms with Crippen LogP contribution in [0.4, 0.5) is 0 Å². The Bertz CT molecular complexity index is 591. The fourth-order valence-corrected chi connectivity index (χ4v) is 1.73. The monoisotopic (exact) mass is 284 g/mol. The molecule has 0 spiro atoms. The number of hydrogen-bond acceptors (Lipinski definition) is 1. The normalized spacial score (nSPS) is 9.24. The maximum absolute atomic E-state index is 11.7. The fourth-order valence-electron chi connectivity index (χ4n) is 1.35. The van der Waals surface area contributed by atoms with Gasteiger partial charge in [-0.05, 0) is 34.0 Å². The molecule has 0 aromatic heterocycles. The zero-order valence-corrected chi connectivity index (χ0v) is 10.6. The smallest absolute Gasteiger partial charge is 0.236 e. The van der Waals surface area contributed by atoms with Crippen LogP contribution in [0.1, 0.15) is 15.9 Å². The van der Waals surface area contributed by atoms with Gasteiger partial charge < -0.3 is 0 Å². The topological polar surface area (TPSA) is 17.1 Å². The Labute approximate surface area is 109 Å². The molecule has 0 aliphatic carbocycles. The summed E-state index contributed by atoms with van der Waals surface area (Å²) in [6.45, 7) is 0. The average Bonchev–Trinajstić information content (AvgIpc) is 2.38. The van der Waals surface area contributed by atoms with Crippen molar-refractivity contribution < 1.29 is 4.79 Å². The van der Waals surface area contributed by atoms with Gasteiger partial charge in [0.05, 0.1) is 0 Å². The molecule has 2 rings (SSSR count). The summed E-state index contributed by atoms with van der Waals surface area (Å²) in [4.78, 5) is 11.7. The summed E-state index contributed by atoms with van der Waals surface area (Å²) in [7, 11) is 0. The van der Waals surface area contributed by atoms with Crippen molar-refractivity contribution in [3.63, 3.8) is 0 Å². The molecular weight excluding hydrogens is 276 g/mol. The van der Waals surface area contributed by atoms with Crippen molar-refractivity contribution in [3.8, 4) is 11.8 Å². The van der Waals surface area contributed by atoms with Crippen molar-refractivity contribution in [2.24, 2.45) is 0 Å². The van der Waals surface area contributed by atoms with E-state index in [4.69, 9.17) is 0 Å². The van der Waals surface area contributed by atoms with E-state index in [2.05, 4.69) is 27.8 Å². The highest BCUT2D eigenvalue weighted by atomic mass is 79.9. The molecule has 0 N–H and O–H groups in total. The highest BCUT2D eigenvalue weighted by Crippen LogP contribution is 2.14. The van der Waals surface area contributed by atoms with Crippen LogP contribution < -0.4 is 0 Å². The summed E-state index contributed by atoms with van der Waals surface area (Å²) in [6.07, 6.45) is 0. The van der Waals surface area contributed by atoms with E-state index < -0.39 is 0 Å². The van der Waals surface area contributed by atoms with Gasteiger partial charge in [-0.3, -0.25) is 4.79 Å². The minimum Gasteiger partial charge on any atom is -0.279 e. The molecule has 2 aromatic rings. The van der Waals surface area contributed by atoms with Crippen LogP contribution in [0.2, 0.25) is 0 Å². The summed E-state index contributed by atoms with van der Waals surface area (Å²) in [5.74, 6) is 5.34. The molecule has 0 saturated heterocycles. The van der Waals surface area contributed by atoms with Crippen LogP contribution in [-0.4, -0.2) is 5.78 Å². The first-order valence-corrected chi connectivity index (χ1v) is 5.92. The summed E-state index contributed by atoms with van der Waals surface area (Å²) >= 11 is 3.39. The van der Waals surface area contributed by atoms with E-state index in [1.165, 1.54) is 0 Å². The molecule has 0 unspecified atom stereocenters. The van der Waals surface area contributed by atoms with Crippen molar-refractivity contribution in [3.05, 3.63) is 70.2 Å². The largest absolute Gasteiger partial charge is 0.279 e. The summed E-state index contributed by atoms with van der Waals surface area (Å²) in [6, 6.07) is 16.6. The van der Waals surface area contributed by atoms with E-state index in [9.17, 15) is 4.79 Å². The Hall–Kier alpha value is -1.85. The molecule has 0 aliphatic rings. The van der Waals surface area contributed by atoms with Crippen molar-refractivity contribution in [2.45, 2.75) is 0 Å². The summed E-state index contributed by atoms with van der Waals surface area (Å²) in [5.41, 5.74) is 1.43. The van der Waals surface area contributed by atoms with Gasteiger partial charge in [-0.2, -0.15) is 0 Å². The molecule has 0 atom stereocenters. The molecule has 0 heterocycles. The molecule has 0 bridgehead atoms. The minimum absolute atomic E-state index is 0.165. The molecule has 82 valence electrons. The van der Waals surface area contributed by atoms with E-state index in [-0.39, 0.29) is 5.78 Å². The zero-order chi connectivity index (χ0) is 12.1. The quantitative estimate of drug-likeness (QED) is 0.577. The highest BCUT2D eigenvalue weighted by molar-refractivity contribution is 9.10. The molecular formula is C15H9BrO. The molecule has 0 aliphatic heterocycles. The highest BCUT2D eigenvalue weighted by Gasteiger charge is 2.00. The van der Waals surface area contributed by atoms with Crippen LogP contribution in [0.15, 0.2) is 59.1 Å². The Morgan fingerprint density at radius 2 is 1.59 bits per heavy atom. The lowest BCUT2D eigenvalue weighted by Crippen LogP contribution is -1.93. The molecule has 0 amide bonds. The third-order valence-corrected chi connectivity index (χ3v) is 2.91. The fraction of sp³-hybridized carbons (Fsp3) is 0. The number of benzene rings is 2. The van der Waals surface area contributed by atoms with Gasteiger partial charge in [-0.1, -0.05) is 48.4 Å². The van der Waals surface area contributed by atoms with Crippen molar-refractivity contribution in [1.82, 2.24) is 0 Å². The maximum atomic E-state index is 11.7. The molecule has 2 aromatic carbocycles. The SMILES string of the molecule is O=C(C#Cc1ccccc1Br)c1ccccc1. The predicted molar refractivity (Wildman–Crippen MR) is 71.8 cm³/mol. The number of ketones is 1. The summed E-state index contributed by atoms with van der Waals surface area (Å²) < 4.78 is 0.897. The van der Waals surface area contributed by atoms with Gasteiger partial charge >= 0.3 is 0 Å². The van der Waals surface area contributed by atoms with Gasteiger partial charge in [0.1, 0.15) is 0 Å². The van der Waals surface area contributed by atoms with Gasteiger partial charge in [-0.25, -0.2) is 0 Å². The van der Waals surface area contributed by atoms with Crippen LogP contribution >= 0.6 is 15.9 Å². The van der Waals surface area contributed by atoms with Gasteiger partial charge in [0, 0.05) is 15.6 Å². The Kier molecular flexibility index (Phi) is 3.74. The van der Waals surface area contributed by atoms with E-state index in [0.717, 1.165) is 10.0 Å². The first-order chi connectivity index (χ1) is 8.27. The van der Waals surface area contributed by atoms with E-state index >= 15 is 0 Å². The molecule has 0 radical (unpaired) electrons. The number of carbonyl (C=O) groups is 1. The summed E-state index contributed by atoms with van der Waals surface area (Å²) in [5, 5.41) is 0. The van der Waals surface area contributed by atoms with Gasteiger partial charge in [0.2, 0.25) is 5.78 Å². The van der Waals surface area contributed by atoms with Crippen molar-refractivity contribution in [1.29, 1.82) is 0 Å². The Balaban J connectivity index is 2.24. The van der Waals surface area contributed by atoms with E-state index in [1.54, 1.807) is 12.1 Å². The molecule has 1 nitrogen and oxygen atoms in total. The number of carbonyl (C=O) groups excluding carboxylic acids is 1. The number of rotatable bonds is 1. The second-order valence-electron chi connectivity index (χ2n) is 3.42. The maximum Gasteiger partial charge on any atom is 0.236 e. The predicted octanol–water partition coefficient (Wildman–Crippen LogP) is 3.68. The molecule has 17 heavy (non-hydrogen) atoms. The average molecular weight is 285 g/mol. The van der Waals surface area contributed by atoms with Gasteiger partial charge in [0.25, 0.3) is 0 Å². The number of hydrogen-bond donors (Lipinski definition) is 0. The molecule has 0 fully saturated rings. The molecule has 2 heteroatoms. The van der Waals surface area contributed by atoms with Gasteiger partial charge in [0.15, 0.2) is 0 Å². The third-order valence-electron chi connectivity index (χ3n) is 2.22. The van der Waals surface area contributed by atoms with Crippen LogP contribution in [0.3, 0.4) is 0 Å². The van der Waals surface area contributed by atoms with E-state index in [0.29, 0.717) is 5.56 Å². The third kappa shape index (κ3) is 3.05. The lowest BCUT2D eigenvalue weighted by molar-refractivity contribution is 0.105. The molecule has 0 saturated carbocycles. The Morgan fingerprint density at radius 1 is 0.941 bits per heavy atom. The van der Waals surface area contributed by atoms with Gasteiger partial charge in [-0.15, -0.1) is 0 Å².